The van der Waals surface area contributed by atoms with Gasteiger partial charge in [-0.3, -0.25) is 4.21 Å². The van der Waals surface area contributed by atoms with E-state index < -0.39 is 16.6 Å². The van der Waals surface area contributed by atoms with Gasteiger partial charge in [0.25, 0.3) is 0 Å². The van der Waals surface area contributed by atoms with E-state index in [-0.39, 0.29) is 5.56 Å². The first-order chi connectivity index (χ1) is 5.22. The van der Waals surface area contributed by atoms with E-state index in [1.165, 1.54) is 12.1 Å². The zero-order chi connectivity index (χ0) is 8.27. The van der Waals surface area contributed by atoms with Crippen LogP contribution in [0, 0.1) is 0 Å². The predicted octanol–water partition coefficient (Wildman–Crippen LogP) is 1.53. The Morgan fingerprint density at radius 1 is 1.36 bits per heavy atom. The largest absolute Gasteiger partial charge is 0.770 e. The molecule has 0 bridgehead atoms. The molecule has 1 aromatic rings. The summed E-state index contributed by atoms with van der Waals surface area (Å²) in [5, 5.41) is 0. The Hall–Kier alpha value is -0.740. The second kappa shape index (κ2) is 3.59. The Bertz CT molecular complexity index is 250. The van der Waals surface area contributed by atoms with E-state index in [0.29, 0.717) is 0 Å². The molecule has 60 valence electrons. The molecule has 0 saturated carbocycles. The Kier molecular flexibility index (Phi) is 2.73. The van der Waals surface area contributed by atoms with Crippen LogP contribution in [0.5, 0.6) is 0 Å². The monoisotopic (exact) mass is 173 g/mol. The van der Waals surface area contributed by atoms with E-state index in [4.69, 9.17) is 0 Å². The van der Waals surface area contributed by atoms with Gasteiger partial charge in [0.1, 0.15) is 0 Å². The fourth-order valence-corrected chi connectivity index (χ4v) is 1.09. The molecule has 0 saturated heterocycles. The van der Waals surface area contributed by atoms with Gasteiger partial charge in [-0.05, 0) is 16.6 Å². The summed E-state index contributed by atoms with van der Waals surface area (Å²) < 4.78 is 32.9. The number of hydrogen-bond donors (Lipinski definition) is 0. The fourth-order valence-electron chi connectivity index (χ4n) is 0.715. The molecule has 0 radical (unpaired) electrons. The van der Waals surface area contributed by atoms with Crippen molar-refractivity contribution in [3.8, 4) is 0 Å². The fraction of sp³-hybridized carbons (Fsp3) is 0.143. The van der Waals surface area contributed by atoms with Crippen molar-refractivity contribution < 1.29 is 13.2 Å². The first-order valence-electron chi connectivity index (χ1n) is 2.99. The molecule has 0 heterocycles. The van der Waals surface area contributed by atoms with Crippen LogP contribution in [0.15, 0.2) is 30.3 Å². The highest BCUT2D eigenvalue weighted by Gasteiger charge is 2.07. The maximum Gasteiger partial charge on any atom is 0.186 e. The summed E-state index contributed by atoms with van der Waals surface area (Å²) in [5.74, 6) is 0. The minimum Gasteiger partial charge on any atom is -0.770 e. The molecule has 0 aliphatic heterocycles. The molecule has 0 N–H and O–H groups in total. The van der Waals surface area contributed by atoms with Gasteiger partial charge in [-0.25, -0.2) is 4.39 Å². The van der Waals surface area contributed by atoms with E-state index in [1.54, 1.807) is 18.2 Å². The molecule has 0 aromatic heterocycles. The van der Waals surface area contributed by atoms with Crippen LogP contribution in [0.1, 0.15) is 11.1 Å². The van der Waals surface area contributed by atoms with Crippen molar-refractivity contribution in [3.63, 3.8) is 0 Å². The molecule has 2 atom stereocenters. The standard InChI is InChI=1S/C7H7FO2S/c8-7(11(9)10)6-4-2-1-3-5-6/h1-5,7H,(H,9,10)/p-1. The van der Waals surface area contributed by atoms with Crippen LogP contribution in [0.3, 0.4) is 0 Å². The summed E-state index contributed by atoms with van der Waals surface area (Å²) >= 11 is -2.68. The number of rotatable bonds is 2. The average Bonchev–Trinajstić information content (AvgIpc) is 2.05. The van der Waals surface area contributed by atoms with Crippen molar-refractivity contribution in [1.29, 1.82) is 0 Å². The summed E-state index contributed by atoms with van der Waals surface area (Å²) in [5.41, 5.74) is -1.74. The van der Waals surface area contributed by atoms with Crippen molar-refractivity contribution in [2.75, 3.05) is 0 Å². The first kappa shape index (κ1) is 8.36. The van der Waals surface area contributed by atoms with Crippen molar-refractivity contribution in [1.82, 2.24) is 0 Å². The molecule has 1 aromatic carbocycles. The topological polar surface area (TPSA) is 40.1 Å². The van der Waals surface area contributed by atoms with Crippen LogP contribution in [0.25, 0.3) is 0 Å². The van der Waals surface area contributed by atoms with Gasteiger partial charge in [0.15, 0.2) is 5.50 Å². The SMILES string of the molecule is O=S([O-])C(F)c1ccccc1. The molecule has 0 aliphatic rings. The highest BCUT2D eigenvalue weighted by atomic mass is 32.2. The molecule has 0 aliphatic carbocycles. The molecular weight excluding hydrogens is 167 g/mol. The van der Waals surface area contributed by atoms with Crippen LogP contribution in [0.2, 0.25) is 0 Å². The molecule has 0 spiro atoms. The third kappa shape index (κ3) is 2.10. The second-order valence-corrected chi connectivity index (χ2v) is 2.92. The van der Waals surface area contributed by atoms with E-state index in [1.807, 2.05) is 0 Å². The van der Waals surface area contributed by atoms with Gasteiger partial charge < -0.3 is 4.55 Å². The highest BCUT2D eigenvalue weighted by Crippen LogP contribution is 2.18. The van der Waals surface area contributed by atoms with Gasteiger partial charge in [-0.1, -0.05) is 30.3 Å². The maximum atomic E-state index is 12.6. The molecule has 0 fully saturated rings. The van der Waals surface area contributed by atoms with Crippen molar-refractivity contribution >= 4 is 11.1 Å². The van der Waals surface area contributed by atoms with Gasteiger partial charge in [-0.2, -0.15) is 0 Å². The van der Waals surface area contributed by atoms with Gasteiger partial charge in [0.2, 0.25) is 0 Å². The second-order valence-electron chi connectivity index (χ2n) is 1.99. The van der Waals surface area contributed by atoms with Gasteiger partial charge in [0, 0.05) is 0 Å². The summed E-state index contributed by atoms with van der Waals surface area (Å²) in [7, 11) is 0. The minimum absolute atomic E-state index is 0.167. The summed E-state index contributed by atoms with van der Waals surface area (Å²) in [6.07, 6.45) is 0. The van der Waals surface area contributed by atoms with Crippen LogP contribution in [0.4, 0.5) is 4.39 Å². The van der Waals surface area contributed by atoms with Gasteiger partial charge in [-0.15, -0.1) is 0 Å². The van der Waals surface area contributed by atoms with Crippen molar-refractivity contribution in [2.24, 2.45) is 0 Å². The van der Waals surface area contributed by atoms with Gasteiger partial charge in [0.05, 0.1) is 0 Å². The minimum atomic E-state index is -2.68. The zero-order valence-corrected chi connectivity index (χ0v) is 6.38. The number of benzene rings is 1. The Morgan fingerprint density at radius 3 is 2.36 bits per heavy atom. The molecule has 11 heavy (non-hydrogen) atoms. The smallest absolute Gasteiger partial charge is 0.186 e. The lowest BCUT2D eigenvalue weighted by Crippen LogP contribution is -1.98. The van der Waals surface area contributed by atoms with Crippen molar-refractivity contribution in [3.05, 3.63) is 35.9 Å². The Balaban J connectivity index is 2.85. The lowest BCUT2D eigenvalue weighted by atomic mass is 10.2. The summed E-state index contributed by atoms with van der Waals surface area (Å²) in [6, 6.07) is 7.74. The molecular formula is C7H6FO2S-. The number of halogens is 1. The van der Waals surface area contributed by atoms with Crippen LogP contribution < -0.4 is 0 Å². The van der Waals surface area contributed by atoms with Crippen LogP contribution in [-0.2, 0) is 11.1 Å². The first-order valence-corrected chi connectivity index (χ1v) is 4.12. The molecule has 4 heteroatoms. The van der Waals surface area contributed by atoms with E-state index in [2.05, 4.69) is 0 Å². The van der Waals surface area contributed by atoms with Gasteiger partial charge >= 0.3 is 0 Å². The quantitative estimate of drug-likeness (QED) is 0.636. The molecule has 2 unspecified atom stereocenters. The Morgan fingerprint density at radius 2 is 1.91 bits per heavy atom. The van der Waals surface area contributed by atoms with E-state index in [0.717, 1.165) is 0 Å². The maximum absolute atomic E-state index is 12.6. The average molecular weight is 173 g/mol. The predicted molar refractivity (Wildman–Crippen MR) is 39.2 cm³/mol. The zero-order valence-electron chi connectivity index (χ0n) is 5.57. The summed E-state index contributed by atoms with van der Waals surface area (Å²) in [6.45, 7) is 0. The van der Waals surface area contributed by atoms with Crippen LogP contribution >= 0.6 is 0 Å². The summed E-state index contributed by atoms with van der Waals surface area (Å²) in [4.78, 5) is 0. The third-order valence-electron chi connectivity index (χ3n) is 1.23. The van der Waals surface area contributed by atoms with Crippen molar-refractivity contribution in [2.45, 2.75) is 5.50 Å². The van der Waals surface area contributed by atoms with E-state index in [9.17, 15) is 13.2 Å². The van der Waals surface area contributed by atoms with E-state index >= 15 is 0 Å². The number of alkyl halides is 1. The normalized spacial score (nSPS) is 15.8. The molecule has 2 nitrogen and oxygen atoms in total. The third-order valence-corrected chi connectivity index (χ3v) is 1.84. The molecule has 1 rings (SSSR count). The lowest BCUT2D eigenvalue weighted by Gasteiger charge is -2.10. The Labute approximate surface area is 66.3 Å². The van der Waals surface area contributed by atoms with Crippen LogP contribution in [-0.4, -0.2) is 8.76 Å². The highest BCUT2D eigenvalue weighted by molar-refractivity contribution is 7.79. The number of hydrogen-bond acceptors (Lipinski definition) is 2. The lowest BCUT2D eigenvalue weighted by molar-refractivity contribution is 0.412. The molecule has 0 amide bonds.